The first-order valence-corrected chi connectivity index (χ1v) is 9.85. The van der Waals surface area contributed by atoms with Crippen molar-refractivity contribution in [1.82, 2.24) is 4.57 Å². The van der Waals surface area contributed by atoms with E-state index in [-0.39, 0.29) is 10.7 Å². The average Bonchev–Trinajstić information content (AvgIpc) is 2.82. The molecule has 25 heavy (non-hydrogen) atoms. The van der Waals surface area contributed by atoms with E-state index in [1.165, 1.54) is 24.3 Å². The summed E-state index contributed by atoms with van der Waals surface area (Å²) in [6.07, 6.45) is 0. The monoisotopic (exact) mass is 378 g/mol. The Morgan fingerprint density at radius 3 is 2.56 bits per heavy atom. The molecule has 0 N–H and O–H groups in total. The number of benzene rings is 2. The molecule has 0 saturated heterocycles. The first-order valence-electron chi connectivity index (χ1n) is 7.38. The van der Waals surface area contributed by atoms with Crippen LogP contribution in [0.4, 0.5) is 4.39 Å². The van der Waals surface area contributed by atoms with Crippen LogP contribution in [0.5, 0.6) is 0 Å². The van der Waals surface area contributed by atoms with Crippen molar-refractivity contribution in [1.29, 1.82) is 0 Å². The number of hydrogen-bond acceptors (Lipinski definition) is 4. The Labute approximate surface area is 148 Å². The fourth-order valence-corrected chi connectivity index (χ4v) is 4.51. The largest absolute Gasteiger partial charge is 0.319 e. The van der Waals surface area contributed by atoms with Crippen molar-refractivity contribution in [2.24, 2.45) is 12.0 Å². The Morgan fingerprint density at radius 2 is 1.88 bits per heavy atom. The molecule has 0 radical (unpaired) electrons. The number of amides is 1. The Bertz CT molecular complexity index is 1130. The predicted molar refractivity (Wildman–Crippen MR) is 94.6 cm³/mol. The molecule has 0 fully saturated rings. The van der Waals surface area contributed by atoms with Gasteiger partial charge in [0.1, 0.15) is 11.6 Å². The van der Waals surface area contributed by atoms with Gasteiger partial charge in [0.2, 0.25) is 0 Å². The van der Waals surface area contributed by atoms with Crippen molar-refractivity contribution in [3.8, 4) is 0 Å². The highest BCUT2D eigenvalue weighted by molar-refractivity contribution is 7.92. The van der Waals surface area contributed by atoms with Crippen LogP contribution in [0.3, 0.4) is 0 Å². The van der Waals surface area contributed by atoms with E-state index >= 15 is 0 Å². The van der Waals surface area contributed by atoms with E-state index in [0.29, 0.717) is 9.50 Å². The van der Waals surface area contributed by atoms with E-state index in [1.807, 2.05) is 6.92 Å². The molecule has 5 nitrogen and oxygen atoms in total. The Balaban J connectivity index is 1.93. The van der Waals surface area contributed by atoms with Crippen LogP contribution in [0.15, 0.2) is 52.4 Å². The third-order valence-corrected chi connectivity index (χ3v) is 6.40. The molecule has 0 spiro atoms. The molecular formula is C17H15FN2O3S2. The zero-order valence-electron chi connectivity index (χ0n) is 13.6. The van der Waals surface area contributed by atoms with E-state index in [2.05, 4.69) is 4.99 Å². The molecule has 0 saturated carbocycles. The van der Waals surface area contributed by atoms with Crippen molar-refractivity contribution in [3.63, 3.8) is 0 Å². The lowest BCUT2D eigenvalue weighted by Crippen LogP contribution is -2.19. The minimum atomic E-state index is -3.75. The predicted octanol–water partition coefficient (Wildman–Crippen LogP) is 2.59. The maximum absolute atomic E-state index is 13.3. The van der Waals surface area contributed by atoms with Crippen LogP contribution in [-0.4, -0.2) is 24.6 Å². The van der Waals surface area contributed by atoms with Crippen LogP contribution in [0, 0.1) is 12.7 Å². The molecule has 130 valence electrons. The summed E-state index contributed by atoms with van der Waals surface area (Å²) in [5.41, 5.74) is 1.65. The molecular weight excluding hydrogens is 363 g/mol. The van der Waals surface area contributed by atoms with Gasteiger partial charge in [0.05, 0.1) is 15.1 Å². The fourth-order valence-electron chi connectivity index (χ4n) is 2.34. The summed E-state index contributed by atoms with van der Waals surface area (Å²) in [6, 6.07) is 10.6. The fraction of sp³-hybridized carbons (Fsp3) is 0.176. The highest BCUT2D eigenvalue weighted by atomic mass is 32.2. The summed E-state index contributed by atoms with van der Waals surface area (Å²) in [5, 5.41) is 0. The van der Waals surface area contributed by atoms with Gasteiger partial charge >= 0.3 is 0 Å². The number of rotatable bonds is 3. The van der Waals surface area contributed by atoms with Crippen molar-refractivity contribution < 1.29 is 17.6 Å². The molecule has 8 heteroatoms. The number of nitrogens with zero attached hydrogens (tertiary/aromatic N) is 2. The number of fused-ring (bicyclic) bond motifs is 1. The van der Waals surface area contributed by atoms with Crippen LogP contribution in [0.2, 0.25) is 0 Å². The van der Waals surface area contributed by atoms with E-state index in [1.54, 1.807) is 29.8 Å². The van der Waals surface area contributed by atoms with Crippen LogP contribution in [-0.2, 0) is 21.7 Å². The van der Waals surface area contributed by atoms with Gasteiger partial charge in [-0.2, -0.15) is 4.99 Å². The van der Waals surface area contributed by atoms with Gasteiger partial charge in [-0.25, -0.2) is 12.8 Å². The van der Waals surface area contributed by atoms with E-state index < -0.39 is 21.5 Å². The summed E-state index contributed by atoms with van der Waals surface area (Å²) in [5.74, 6) is -1.85. The Hall–Kier alpha value is -2.32. The maximum atomic E-state index is 13.3. The molecule has 1 aromatic heterocycles. The number of halogens is 1. The second-order valence-corrected chi connectivity index (χ2v) is 8.63. The zero-order valence-corrected chi connectivity index (χ0v) is 15.2. The third kappa shape index (κ3) is 3.69. The molecule has 0 aliphatic carbocycles. The summed E-state index contributed by atoms with van der Waals surface area (Å²) in [7, 11) is -2.06. The minimum absolute atomic E-state index is 0.0874. The van der Waals surface area contributed by atoms with Gasteiger partial charge in [0, 0.05) is 7.05 Å². The van der Waals surface area contributed by atoms with E-state index in [0.717, 1.165) is 22.4 Å². The molecule has 3 rings (SSSR count). The first kappa shape index (κ1) is 17.5. The number of carbonyl (C=O) groups excluding carboxylic acids is 1. The number of sulfone groups is 1. The molecule has 1 amide bonds. The Kier molecular flexibility index (Phi) is 4.57. The highest BCUT2D eigenvalue weighted by Gasteiger charge is 2.19. The normalized spacial score (nSPS) is 12.7. The third-order valence-electron chi connectivity index (χ3n) is 3.69. The summed E-state index contributed by atoms with van der Waals surface area (Å²) < 4.78 is 40.2. The zero-order chi connectivity index (χ0) is 18.2. The van der Waals surface area contributed by atoms with E-state index in [4.69, 9.17) is 0 Å². The van der Waals surface area contributed by atoms with Gasteiger partial charge in [-0.1, -0.05) is 29.0 Å². The van der Waals surface area contributed by atoms with Crippen molar-refractivity contribution >= 4 is 37.3 Å². The average molecular weight is 378 g/mol. The number of carbonyl (C=O) groups is 1. The molecule has 3 aromatic rings. The van der Waals surface area contributed by atoms with Crippen molar-refractivity contribution in [2.75, 3.05) is 5.75 Å². The number of thiazole rings is 1. The summed E-state index contributed by atoms with van der Waals surface area (Å²) in [6.45, 7) is 1.85. The number of aromatic nitrogens is 1. The van der Waals surface area contributed by atoms with Crippen LogP contribution in [0.1, 0.15) is 5.56 Å². The van der Waals surface area contributed by atoms with Gasteiger partial charge in [0.25, 0.3) is 5.91 Å². The second kappa shape index (κ2) is 6.53. The molecule has 0 aliphatic heterocycles. The highest BCUT2D eigenvalue weighted by Crippen LogP contribution is 2.17. The standard InChI is InChI=1S/C17H15FN2O3S2/c1-11-3-6-13(7-4-11)25(22,23)10-16(21)19-17-20(2)14-8-5-12(18)9-15(14)24-17/h3-9H,10H2,1-2H3. The van der Waals surface area contributed by atoms with Crippen molar-refractivity contribution in [3.05, 3.63) is 58.6 Å². The molecule has 0 unspecified atom stereocenters. The summed E-state index contributed by atoms with van der Waals surface area (Å²) in [4.78, 5) is 16.4. The second-order valence-electron chi connectivity index (χ2n) is 5.63. The molecule has 2 aromatic carbocycles. The Morgan fingerprint density at radius 1 is 1.20 bits per heavy atom. The number of hydrogen-bond donors (Lipinski definition) is 0. The van der Waals surface area contributed by atoms with Gasteiger partial charge in [-0.15, -0.1) is 0 Å². The molecule has 1 heterocycles. The smallest absolute Gasteiger partial charge is 0.263 e. The lowest BCUT2D eigenvalue weighted by molar-refractivity contribution is -0.115. The maximum Gasteiger partial charge on any atom is 0.263 e. The van der Waals surface area contributed by atoms with Gasteiger partial charge in [0.15, 0.2) is 14.6 Å². The van der Waals surface area contributed by atoms with Gasteiger partial charge < -0.3 is 4.57 Å². The van der Waals surface area contributed by atoms with Crippen LogP contribution >= 0.6 is 11.3 Å². The first-order chi connectivity index (χ1) is 11.8. The lowest BCUT2D eigenvalue weighted by Gasteiger charge is -2.02. The minimum Gasteiger partial charge on any atom is -0.319 e. The quantitative estimate of drug-likeness (QED) is 0.703. The molecule has 0 atom stereocenters. The van der Waals surface area contributed by atoms with Crippen LogP contribution in [0.25, 0.3) is 10.2 Å². The van der Waals surface area contributed by atoms with Crippen LogP contribution < -0.4 is 4.80 Å². The topological polar surface area (TPSA) is 68.5 Å². The van der Waals surface area contributed by atoms with Gasteiger partial charge in [-0.05, 0) is 37.3 Å². The van der Waals surface area contributed by atoms with E-state index in [9.17, 15) is 17.6 Å². The van der Waals surface area contributed by atoms with Crippen molar-refractivity contribution in [2.45, 2.75) is 11.8 Å². The summed E-state index contributed by atoms with van der Waals surface area (Å²) >= 11 is 1.13. The number of aryl methyl sites for hydroxylation is 2. The SMILES string of the molecule is Cc1ccc(S(=O)(=O)CC(=O)N=c2sc3cc(F)ccc3n2C)cc1. The molecule has 0 bridgehead atoms. The molecule has 0 aliphatic rings. The lowest BCUT2D eigenvalue weighted by atomic mass is 10.2. The van der Waals surface area contributed by atoms with Gasteiger partial charge in [-0.3, -0.25) is 4.79 Å².